The normalized spacial score (nSPS) is 13.6. The Morgan fingerprint density at radius 3 is 2.65 bits per heavy atom. The molecule has 34 heavy (non-hydrogen) atoms. The van der Waals surface area contributed by atoms with Crippen LogP contribution in [0.1, 0.15) is 30.7 Å². The van der Waals surface area contributed by atoms with E-state index in [9.17, 15) is 13.2 Å². The van der Waals surface area contributed by atoms with Gasteiger partial charge in [0.1, 0.15) is 17.9 Å². The maximum absolute atomic E-state index is 13.7. The Morgan fingerprint density at radius 2 is 1.82 bits per heavy atom. The minimum absolute atomic E-state index is 0.0833. The highest BCUT2D eigenvalue weighted by Gasteiger charge is 2.34. The van der Waals surface area contributed by atoms with Crippen LogP contribution in [0.4, 0.5) is 19.0 Å². The number of aromatic nitrogens is 4. The third-order valence-electron chi connectivity index (χ3n) is 5.98. The van der Waals surface area contributed by atoms with E-state index in [4.69, 9.17) is 4.74 Å². The van der Waals surface area contributed by atoms with Crippen molar-refractivity contribution in [2.24, 2.45) is 0 Å². The monoisotopic (exact) mass is 465 g/mol. The first-order valence-electron chi connectivity index (χ1n) is 10.9. The zero-order valence-electron chi connectivity index (χ0n) is 18.6. The Labute approximate surface area is 194 Å². The van der Waals surface area contributed by atoms with Gasteiger partial charge >= 0.3 is 6.18 Å². The minimum Gasteiger partial charge on any atom is -0.491 e. The summed E-state index contributed by atoms with van der Waals surface area (Å²) in [5.41, 5.74) is 1.56. The third-order valence-corrected chi connectivity index (χ3v) is 5.98. The third kappa shape index (κ3) is 4.13. The Bertz CT molecular complexity index is 1370. The summed E-state index contributed by atoms with van der Waals surface area (Å²) in [5.74, 6) is 1.35. The van der Waals surface area contributed by atoms with Crippen molar-refractivity contribution in [2.75, 3.05) is 18.5 Å². The minimum atomic E-state index is -4.53. The lowest BCUT2D eigenvalue weighted by atomic mass is 9.84. The molecule has 1 aromatic carbocycles. The van der Waals surface area contributed by atoms with Crippen LogP contribution in [-0.4, -0.2) is 33.1 Å². The fraction of sp³-hybridized carbons (Fsp3) is 0.280. The SMILES string of the molecule is CC(C)(CNc1cc(-c2cc(C(F)(F)F)c3ncccc3c2)ncn1)c1ccnc2c1OCC2. The molecule has 174 valence electrons. The van der Waals surface area contributed by atoms with Crippen molar-refractivity contribution in [1.82, 2.24) is 19.9 Å². The van der Waals surface area contributed by atoms with Gasteiger partial charge in [-0.15, -0.1) is 0 Å². The molecule has 0 amide bonds. The highest BCUT2D eigenvalue weighted by Crippen LogP contribution is 2.38. The van der Waals surface area contributed by atoms with Gasteiger partial charge in [0, 0.05) is 53.4 Å². The summed E-state index contributed by atoms with van der Waals surface area (Å²) in [6, 6.07) is 9.58. The van der Waals surface area contributed by atoms with Gasteiger partial charge in [-0.2, -0.15) is 13.2 Å². The van der Waals surface area contributed by atoms with Crippen LogP contribution in [0.25, 0.3) is 22.2 Å². The molecule has 1 aliphatic heterocycles. The molecule has 9 heteroatoms. The average Bonchev–Trinajstić information content (AvgIpc) is 3.30. The molecular formula is C25H22F3N5O. The number of pyridine rings is 2. The maximum atomic E-state index is 13.7. The van der Waals surface area contributed by atoms with Gasteiger partial charge < -0.3 is 10.1 Å². The van der Waals surface area contributed by atoms with Crippen molar-refractivity contribution in [3.05, 3.63) is 71.9 Å². The molecule has 4 aromatic rings. The summed E-state index contributed by atoms with van der Waals surface area (Å²) in [5, 5.41) is 3.70. The van der Waals surface area contributed by atoms with Crippen molar-refractivity contribution in [3.8, 4) is 17.0 Å². The molecule has 6 nitrogen and oxygen atoms in total. The lowest BCUT2D eigenvalue weighted by Crippen LogP contribution is -2.28. The number of fused-ring (bicyclic) bond motifs is 2. The van der Waals surface area contributed by atoms with E-state index < -0.39 is 11.7 Å². The van der Waals surface area contributed by atoms with Crippen LogP contribution in [0.5, 0.6) is 5.75 Å². The van der Waals surface area contributed by atoms with E-state index in [-0.39, 0.29) is 10.9 Å². The molecule has 1 aliphatic rings. The van der Waals surface area contributed by atoms with Gasteiger partial charge in [0.25, 0.3) is 0 Å². The predicted octanol–water partition coefficient (Wildman–Crippen LogP) is 5.43. The Kier molecular flexibility index (Phi) is 5.34. The summed E-state index contributed by atoms with van der Waals surface area (Å²) < 4.78 is 46.9. The molecule has 0 aliphatic carbocycles. The number of anilines is 1. The van der Waals surface area contributed by atoms with Gasteiger partial charge in [-0.1, -0.05) is 19.9 Å². The van der Waals surface area contributed by atoms with Gasteiger partial charge in [-0.25, -0.2) is 9.97 Å². The zero-order chi connectivity index (χ0) is 23.9. The van der Waals surface area contributed by atoms with Gasteiger partial charge in [0.2, 0.25) is 0 Å². The zero-order valence-corrected chi connectivity index (χ0v) is 18.6. The number of ether oxygens (including phenoxy) is 1. The summed E-state index contributed by atoms with van der Waals surface area (Å²) in [6.45, 7) is 5.33. The largest absolute Gasteiger partial charge is 0.491 e. The standard InChI is InChI=1S/C25H22F3N5O/c1-24(2,17-5-8-29-19-6-9-34-23(17)19)13-31-21-12-20(32-14-33-21)16-10-15-4-3-7-30-22(15)18(11-16)25(26,27)28/h3-5,7-8,10-12,14H,6,9,13H2,1-2H3,(H,31,32,33). The highest BCUT2D eigenvalue weighted by molar-refractivity contribution is 5.87. The molecule has 4 heterocycles. The van der Waals surface area contributed by atoms with E-state index in [1.54, 1.807) is 30.5 Å². The highest BCUT2D eigenvalue weighted by atomic mass is 19.4. The van der Waals surface area contributed by atoms with E-state index in [0.717, 1.165) is 29.5 Å². The number of hydrogen-bond donors (Lipinski definition) is 1. The fourth-order valence-corrected chi connectivity index (χ4v) is 4.19. The van der Waals surface area contributed by atoms with E-state index in [1.165, 1.54) is 12.5 Å². The molecule has 0 fully saturated rings. The van der Waals surface area contributed by atoms with Crippen LogP contribution >= 0.6 is 0 Å². The summed E-state index contributed by atoms with van der Waals surface area (Å²) in [4.78, 5) is 16.8. The molecule has 0 radical (unpaired) electrons. The molecule has 0 atom stereocenters. The molecule has 0 saturated carbocycles. The van der Waals surface area contributed by atoms with Crippen molar-refractivity contribution in [1.29, 1.82) is 0 Å². The molecule has 5 rings (SSSR count). The van der Waals surface area contributed by atoms with Crippen molar-refractivity contribution >= 4 is 16.7 Å². The first kappa shape index (κ1) is 22.1. The van der Waals surface area contributed by atoms with Crippen LogP contribution in [0.3, 0.4) is 0 Å². The molecular weight excluding hydrogens is 443 g/mol. The molecule has 0 saturated heterocycles. The van der Waals surface area contributed by atoms with Crippen LogP contribution in [-0.2, 0) is 18.0 Å². The van der Waals surface area contributed by atoms with E-state index >= 15 is 0 Å². The summed E-state index contributed by atoms with van der Waals surface area (Å²) in [6.07, 6.45) is 0.754. The van der Waals surface area contributed by atoms with Gasteiger partial charge in [-0.05, 0) is 24.3 Å². The number of hydrogen-bond acceptors (Lipinski definition) is 6. The Hall–Kier alpha value is -3.75. The molecule has 0 spiro atoms. The lowest BCUT2D eigenvalue weighted by molar-refractivity contribution is -0.136. The maximum Gasteiger partial charge on any atom is 0.418 e. The lowest BCUT2D eigenvalue weighted by Gasteiger charge is -2.27. The number of halogens is 3. The quantitative estimate of drug-likeness (QED) is 0.424. The Balaban J connectivity index is 1.44. The van der Waals surface area contributed by atoms with Gasteiger partial charge in [0.15, 0.2) is 0 Å². The second-order valence-corrected chi connectivity index (χ2v) is 8.86. The summed E-state index contributed by atoms with van der Waals surface area (Å²) >= 11 is 0. The number of rotatable bonds is 5. The molecule has 0 bridgehead atoms. The van der Waals surface area contributed by atoms with E-state index in [2.05, 4.69) is 39.1 Å². The first-order valence-corrected chi connectivity index (χ1v) is 10.9. The predicted molar refractivity (Wildman–Crippen MR) is 123 cm³/mol. The second-order valence-electron chi connectivity index (χ2n) is 8.86. The molecule has 0 unspecified atom stereocenters. The topological polar surface area (TPSA) is 72.8 Å². The smallest absolute Gasteiger partial charge is 0.418 e. The number of nitrogens with zero attached hydrogens (tertiary/aromatic N) is 4. The van der Waals surface area contributed by atoms with Crippen molar-refractivity contribution < 1.29 is 17.9 Å². The van der Waals surface area contributed by atoms with Gasteiger partial charge in [0.05, 0.1) is 29.1 Å². The van der Waals surface area contributed by atoms with Gasteiger partial charge in [-0.3, -0.25) is 9.97 Å². The molecule has 3 aromatic heterocycles. The van der Waals surface area contributed by atoms with Crippen LogP contribution < -0.4 is 10.1 Å². The van der Waals surface area contributed by atoms with Crippen molar-refractivity contribution in [3.63, 3.8) is 0 Å². The van der Waals surface area contributed by atoms with Crippen LogP contribution in [0.15, 0.2) is 55.1 Å². The second kappa shape index (κ2) is 8.23. The Morgan fingerprint density at radius 1 is 0.971 bits per heavy atom. The van der Waals surface area contributed by atoms with E-state index in [0.29, 0.717) is 35.6 Å². The van der Waals surface area contributed by atoms with Crippen LogP contribution in [0, 0.1) is 0 Å². The molecule has 1 N–H and O–H groups in total. The number of benzene rings is 1. The van der Waals surface area contributed by atoms with Crippen LogP contribution in [0.2, 0.25) is 0 Å². The first-order chi connectivity index (χ1) is 16.2. The van der Waals surface area contributed by atoms with Crippen molar-refractivity contribution in [2.45, 2.75) is 31.9 Å². The average molecular weight is 465 g/mol. The van der Waals surface area contributed by atoms with E-state index in [1.807, 2.05) is 6.07 Å². The number of nitrogens with one attached hydrogen (secondary N) is 1. The fourth-order valence-electron chi connectivity index (χ4n) is 4.19. The number of alkyl halides is 3. The summed E-state index contributed by atoms with van der Waals surface area (Å²) in [7, 11) is 0.